The number of allylic oxidation sites excluding steroid dienone is 2. The highest BCUT2D eigenvalue weighted by atomic mass is 127. The number of rotatable bonds is 13. The Labute approximate surface area is 191 Å². The average Bonchev–Trinajstić information content (AvgIpc) is 2.64. The third kappa shape index (κ3) is 9.22. The highest BCUT2D eigenvalue weighted by Gasteiger charge is 2.27. The first kappa shape index (κ1) is 26.2. The lowest BCUT2D eigenvalue weighted by atomic mass is 9.90. The summed E-state index contributed by atoms with van der Waals surface area (Å²) in [4.78, 5) is 9.23. The number of aliphatic imine (C=N–C) groups is 2. The standard InChI is InChI=1S/C24H39FIN3/c1-7-11-18(8-2)14-21(27)23(24(5,6)26)29-17(4)12-10-13-19-15-20(25)16-28-22(19)9-3/h9,15,17-18,20,27H,3,7-8,10-14,16H2,1-2,4-6H3/b27-21?,29-23-/t17-,18+,20?/m0/s1. The van der Waals surface area contributed by atoms with Gasteiger partial charge in [-0.3, -0.25) is 9.98 Å². The van der Waals surface area contributed by atoms with Crippen molar-refractivity contribution in [1.29, 1.82) is 5.41 Å². The largest absolute Gasteiger partial charge is 0.303 e. The van der Waals surface area contributed by atoms with Gasteiger partial charge in [0.15, 0.2) is 0 Å². The second kappa shape index (κ2) is 12.8. The van der Waals surface area contributed by atoms with Gasteiger partial charge in [0, 0.05) is 6.04 Å². The molecule has 0 aliphatic carbocycles. The maximum atomic E-state index is 13.6. The molecule has 0 bridgehead atoms. The van der Waals surface area contributed by atoms with Crippen LogP contribution >= 0.6 is 22.6 Å². The van der Waals surface area contributed by atoms with Crippen LogP contribution in [0.1, 0.15) is 79.6 Å². The highest BCUT2D eigenvalue weighted by molar-refractivity contribution is 14.1. The molecule has 0 saturated heterocycles. The van der Waals surface area contributed by atoms with Gasteiger partial charge in [-0.05, 0) is 70.1 Å². The first-order chi connectivity index (χ1) is 13.6. The number of halogens is 2. The van der Waals surface area contributed by atoms with Crippen LogP contribution in [0.15, 0.2) is 34.3 Å². The Morgan fingerprint density at radius 1 is 1.45 bits per heavy atom. The molecule has 1 aliphatic rings. The van der Waals surface area contributed by atoms with Crippen molar-refractivity contribution in [3.8, 4) is 0 Å². The molecule has 0 aromatic carbocycles. The van der Waals surface area contributed by atoms with E-state index in [0.29, 0.717) is 11.6 Å². The van der Waals surface area contributed by atoms with Gasteiger partial charge in [-0.15, -0.1) is 0 Å². The summed E-state index contributed by atoms with van der Waals surface area (Å²) in [5, 5.41) is 8.70. The minimum atomic E-state index is -0.981. The Bertz CT molecular complexity index is 643. The van der Waals surface area contributed by atoms with E-state index < -0.39 is 6.17 Å². The topological polar surface area (TPSA) is 48.6 Å². The Hall–Kier alpha value is -0.850. The normalized spacial score (nSPS) is 20.0. The Kier molecular flexibility index (Phi) is 11.5. The average molecular weight is 515 g/mol. The van der Waals surface area contributed by atoms with Crippen LogP contribution in [-0.2, 0) is 0 Å². The van der Waals surface area contributed by atoms with Crippen molar-refractivity contribution in [2.75, 3.05) is 6.54 Å². The molecular weight excluding hydrogens is 476 g/mol. The lowest BCUT2D eigenvalue weighted by Crippen LogP contribution is -2.34. The molecule has 3 nitrogen and oxygen atoms in total. The molecule has 1 unspecified atom stereocenters. The van der Waals surface area contributed by atoms with E-state index in [1.54, 1.807) is 12.2 Å². The fraction of sp³-hybridized carbons (Fsp3) is 0.708. The molecule has 1 rings (SSSR count). The van der Waals surface area contributed by atoms with Gasteiger partial charge in [-0.2, -0.15) is 0 Å². The molecule has 0 radical (unpaired) electrons. The first-order valence-electron chi connectivity index (χ1n) is 11.0. The molecule has 5 heteroatoms. The van der Waals surface area contributed by atoms with Crippen LogP contribution in [0, 0.1) is 11.3 Å². The molecule has 0 aromatic heterocycles. The summed E-state index contributed by atoms with van der Waals surface area (Å²) in [5.74, 6) is 0.565. The zero-order chi connectivity index (χ0) is 22.0. The number of nitrogens with zero attached hydrogens (tertiary/aromatic N) is 2. The van der Waals surface area contributed by atoms with Gasteiger partial charge in [0.1, 0.15) is 6.17 Å². The van der Waals surface area contributed by atoms with Crippen LogP contribution in [0.3, 0.4) is 0 Å². The zero-order valence-corrected chi connectivity index (χ0v) is 21.1. The maximum Gasteiger partial charge on any atom is 0.138 e. The van der Waals surface area contributed by atoms with Crippen LogP contribution in [0.2, 0.25) is 0 Å². The van der Waals surface area contributed by atoms with Crippen molar-refractivity contribution in [3.63, 3.8) is 0 Å². The summed E-state index contributed by atoms with van der Waals surface area (Å²) in [6.45, 7) is 14.8. The lowest BCUT2D eigenvalue weighted by Gasteiger charge is -2.24. The van der Waals surface area contributed by atoms with E-state index in [9.17, 15) is 4.39 Å². The second-order valence-electron chi connectivity index (χ2n) is 8.57. The van der Waals surface area contributed by atoms with E-state index >= 15 is 0 Å². The van der Waals surface area contributed by atoms with E-state index in [1.807, 2.05) is 0 Å². The summed E-state index contributed by atoms with van der Waals surface area (Å²) in [5.41, 5.74) is 3.40. The van der Waals surface area contributed by atoms with Crippen LogP contribution in [-0.4, -0.2) is 39.3 Å². The maximum absolute atomic E-state index is 13.6. The minimum absolute atomic E-state index is 0.139. The van der Waals surface area contributed by atoms with Gasteiger partial charge in [-0.25, -0.2) is 4.39 Å². The smallest absolute Gasteiger partial charge is 0.138 e. The van der Waals surface area contributed by atoms with Gasteiger partial charge in [0.2, 0.25) is 0 Å². The van der Waals surface area contributed by atoms with Crippen molar-refractivity contribution < 1.29 is 4.39 Å². The van der Waals surface area contributed by atoms with E-state index in [4.69, 9.17) is 10.4 Å². The predicted molar refractivity (Wildman–Crippen MR) is 135 cm³/mol. The van der Waals surface area contributed by atoms with Crippen LogP contribution in [0.25, 0.3) is 0 Å². The molecule has 1 heterocycles. The van der Waals surface area contributed by atoms with Gasteiger partial charge in [0.05, 0.1) is 27.1 Å². The monoisotopic (exact) mass is 515 g/mol. The molecule has 1 aliphatic heterocycles. The molecule has 0 spiro atoms. The summed E-state index contributed by atoms with van der Waals surface area (Å²) in [6.07, 6.45) is 9.30. The number of nitrogens with one attached hydrogen (secondary N) is 1. The van der Waals surface area contributed by atoms with Gasteiger partial charge < -0.3 is 5.41 Å². The molecule has 0 saturated carbocycles. The van der Waals surface area contributed by atoms with Gasteiger partial charge >= 0.3 is 0 Å². The van der Waals surface area contributed by atoms with Gasteiger partial charge in [-0.1, -0.05) is 62.3 Å². The molecule has 0 fully saturated rings. The molecule has 29 heavy (non-hydrogen) atoms. The number of dihydropyridines is 1. The highest BCUT2D eigenvalue weighted by Crippen LogP contribution is 2.25. The number of hydrogen-bond donors (Lipinski definition) is 1. The molecule has 3 atom stereocenters. The van der Waals surface area contributed by atoms with Crippen molar-refractivity contribution >= 4 is 39.7 Å². The van der Waals surface area contributed by atoms with Crippen molar-refractivity contribution in [2.24, 2.45) is 15.9 Å². The van der Waals surface area contributed by atoms with Crippen molar-refractivity contribution in [1.82, 2.24) is 0 Å². The van der Waals surface area contributed by atoms with Crippen LogP contribution in [0.5, 0.6) is 0 Å². The third-order valence-electron chi connectivity index (χ3n) is 5.37. The van der Waals surface area contributed by atoms with E-state index in [-0.39, 0.29) is 16.0 Å². The fourth-order valence-corrected chi connectivity index (χ4v) is 4.22. The van der Waals surface area contributed by atoms with Crippen molar-refractivity contribution in [3.05, 3.63) is 24.3 Å². The quantitative estimate of drug-likeness (QED) is 0.152. The minimum Gasteiger partial charge on any atom is -0.303 e. The molecule has 0 aromatic rings. The molecule has 164 valence electrons. The summed E-state index contributed by atoms with van der Waals surface area (Å²) in [7, 11) is 0. The summed E-state index contributed by atoms with van der Waals surface area (Å²) >= 11 is 2.40. The number of alkyl halides is 2. The summed E-state index contributed by atoms with van der Waals surface area (Å²) in [6, 6.07) is 0.139. The van der Waals surface area contributed by atoms with E-state index in [0.717, 1.165) is 55.5 Å². The van der Waals surface area contributed by atoms with E-state index in [1.165, 1.54) is 6.42 Å². The SMILES string of the molecule is C=CC1=NCC(F)C=C1CCC[C@H](C)/N=C(/C(=N)C[C@H](CC)CCC)C(C)(C)I. The Balaban J connectivity index is 2.75. The van der Waals surface area contributed by atoms with Crippen LogP contribution in [0.4, 0.5) is 4.39 Å². The van der Waals surface area contributed by atoms with Crippen LogP contribution < -0.4 is 0 Å². The third-order valence-corrected chi connectivity index (χ3v) is 5.88. The van der Waals surface area contributed by atoms with Gasteiger partial charge in [0.25, 0.3) is 0 Å². The van der Waals surface area contributed by atoms with Crippen molar-refractivity contribution in [2.45, 2.75) is 95.2 Å². The molecule has 1 N–H and O–H groups in total. The Morgan fingerprint density at radius 3 is 2.69 bits per heavy atom. The molecular formula is C24H39FIN3. The second-order valence-corrected chi connectivity index (χ2v) is 11.3. The lowest BCUT2D eigenvalue weighted by molar-refractivity contribution is 0.404. The Morgan fingerprint density at radius 2 is 2.14 bits per heavy atom. The zero-order valence-electron chi connectivity index (χ0n) is 18.9. The fourth-order valence-electron chi connectivity index (χ4n) is 3.76. The summed E-state index contributed by atoms with van der Waals surface area (Å²) < 4.78 is 13.5. The predicted octanol–water partition coefficient (Wildman–Crippen LogP) is 7.34. The molecule has 0 amide bonds. The first-order valence-corrected chi connectivity index (χ1v) is 12.1. The number of hydrogen-bond acceptors (Lipinski definition) is 3. The van der Waals surface area contributed by atoms with E-state index in [2.05, 4.69) is 68.8 Å².